The molecule has 0 spiro atoms. The molecule has 2 fully saturated rings. The molecule has 1 unspecified atom stereocenters. The van der Waals surface area contributed by atoms with Crippen LogP contribution in [0.4, 0.5) is 16.5 Å². The minimum Gasteiger partial charge on any atom is -0.389 e. The third kappa shape index (κ3) is 5.52. The van der Waals surface area contributed by atoms with Gasteiger partial charge in [0, 0.05) is 74.6 Å². The minimum atomic E-state index is -0.983. The molecule has 12 heteroatoms. The number of carbonyl (C=O) groups is 2. The number of aryl methyl sites for hydroxylation is 1. The Morgan fingerprint density at radius 3 is 2.49 bits per heavy atom. The molecule has 2 aliphatic heterocycles. The number of pyridine rings is 1. The van der Waals surface area contributed by atoms with E-state index in [1.165, 1.54) is 17.4 Å². The van der Waals surface area contributed by atoms with Crippen LogP contribution in [-0.2, 0) is 21.4 Å². The number of piperazine rings is 2. The summed E-state index contributed by atoms with van der Waals surface area (Å²) in [4.78, 5) is 44.6. The number of nitrogens with two attached hydrogens (primary N) is 2. The van der Waals surface area contributed by atoms with Crippen molar-refractivity contribution in [1.29, 1.82) is 5.26 Å². The van der Waals surface area contributed by atoms with Gasteiger partial charge in [0.25, 0.3) is 5.91 Å². The van der Waals surface area contributed by atoms with E-state index in [0.717, 1.165) is 55.4 Å². The Kier molecular flexibility index (Phi) is 8.02. The summed E-state index contributed by atoms with van der Waals surface area (Å²) >= 11 is 1.38. The van der Waals surface area contributed by atoms with Crippen LogP contribution in [0.5, 0.6) is 0 Å². The molecule has 1 aliphatic carbocycles. The van der Waals surface area contributed by atoms with Gasteiger partial charge < -0.3 is 31.1 Å². The van der Waals surface area contributed by atoms with Crippen LogP contribution in [0.1, 0.15) is 41.5 Å². The maximum absolute atomic E-state index is 13.8. The van der Waals surface area contributed by atoms with Crippen LogP contribution in [0.15, 0.2) is 29.8 Å². The SMILES string of the molecule is C=CC(=O)N1CCN(c2cc(C(N)=NC(=O)C3(C)CCCc4sc(N)c(C#N)c43)nc(N3CCN(C)CC3)c2)CC1. The smallest absolute Gasteiger partial charge is 0.258 e. The Morgan fingerprint density at radius 2 is 1.83 bits per heavy atom. The van der Waals surface area contributed by atoms with Crippen molar-refractivity contribution in [3.05, 3.63) is 46.5 Å². The molecule has 0 saturated carbocycles. The van der Waals surface area contributed by atoms with Crippen molar-refractivity contribution in [2.45, 2.75) is 31.6 Å². The van der Waals surface area contributed by atoms with Gasteiger partial charge in [-0.15, -0.1) is 11.3 Å². The van der Waals surface area contributed by atoms with Crippen LogP contribution >= 0.6 is 11.3 Å². The van der Waals surface area contributed by atoms with Gasteiger partial charge in [-0.25, -0.2) is 4.98 Å². The predicted molar refractivity (Wildman–Crippen MR) is 162 cm³/mol. The number of hydrogen-bond donors (Lipinski definition) is 2. The molecule has 2 aromatic heterocycles. The second-order valence-electron chi connectivity index (χ2n) is 11.1. The van der Waals surface area contributed by atoms with Gasteiger partial charge in [-0.1, -0.05) is 6.58 Å². The van der Waals surface area contributed by atoms with Crippen LogP contribution in [0.25, 0.3) is 0 Å². The van der Waals surface area contributed by atoms with Crippen molar-refractivity contribution in [3.8, 4) is 6.07 Å². The fraction of sp³-hybridized carbons (Fsp3) is 0.483. The molecule has 2 saturated heterocycles. The standard InChI is InChI=1S/C29H37N9O2S/c1-4-24(39)38-14-12-36(13-15-38)19-16-21(33-23(17-19)37-10-8-35(3)9-11-37)26(31)34-28(40)29(2)7-5-6-22-25(29)20(18-30)27(32)41-22/h4,16-17H,1,5-15,32H2,2-3H3,(H2,31,34,40). The number of amides is 2. The van der Waals surface area contributed by atoms with Crippen molar-refractivity contribution >= 4 is 45.5 Å². The summed E-state index contributed by atoms with van der Waals surface area (Å²) in [6.45, 7) is 11.4. The molecule has 216 valence electrons. The monoisotopic (exact) mass is 575 g/mol. The minimum absolute atomic E-state index is 0.0442. The fourth-order valence-corrected chi connectivity index (χ4v) is 7.12. The van der Waals surface area contributed by atoms with E-state index in [9.17, 15) is 14.9 Å². The Bertz CT molecular complexity index is 1430. The van der Waals surface area contributed by atoms with E-state index in [-0.39, 0.29) is 11.7 Å². The number of likely N-dealkylation sites (N-methyl/N-ethyl adjacent to an activating group) is 1. The number of nitriles is 1. The molecule has 0 radical (unpaired) electrons. The van der Waals surface area contributed by atoms with Gasteiger partial charge in [0.15, 0.2) is 5.84 Å². The molecule has 2 aromatic rings. The number of amidine groups is 1. The summed E-state index contributed by atoms with van der Waals surface area (Å²) in [5.41, 5.74) is 14.1. The highest BCUT2D eigenvalue weighted by atomic mass is 32.1. The zero-order chi connectivity index (χ0) is 29.3. The summed E-state index contributed by atoms with van der Waals surface area (Å²) in [7, 11) is 2.10. The van der Waals surface area contributed by atoms with Crippen LogP contribution in [0, 0.1) is 11.3 Å². The highest BCUT2D eigenvalue weighted by Gasteiger charge is 2.43. The van der Waals surface area contributed by atoms with Crippen LogP contribution < -0.4 is 21.3 Å². The van der Waals surface area contributed by atoms with Crippen LogP contribution in [-0.4, -0.2) is 91.8 Å². The quantitative estimate of drug-likeness (QED) is 0.309. The first-order valence-corrected chi connectivity index (χ1v) is 14.8. The maximum atomic E-state index is 13.8. The Labute approximate surface area is 244 Å². The van der Waals surface area contributed by atoms with Crippen LogP contribution in [0.3, 0.4) is 0 Å². The molecule has 0 aromatic carbocycles. The zero-order valence-electron chi connectivity index (χ0n) is 23.7. The Hall–Kier alpha value is -3.95. The van der Waals surface area contributed by atoms with E-state index < -0.39 is 11.3 Å². The molecule has 4 heterocycles. The second-order valence-corrected chi connectivity index (χ2v) is 12.3. The van der Waals surface area contributed by atoms with Gasteiger partial charge in [0.1, 0.15) is 22.6 Å². The predicted octanol–water partition coefficient (Wildman–Crippen LogP) is 1.71. The number of aromatic nitrogens is 1. The number of aliphatic imine (C=N–C) groups is 1. The number of fused-ring (bicyclic) bond motifs is 1. The van der Waals surface area contributed by atoms with Crippen molar-refractivity contribution in [3.63, 3.8) is 0 Å². The molecule has 5 rings (SSSR count). The average molecular weight is 576 g/mol. The van der Waals surface area contributed by atoms with Crippen molar-refractivity contribution in [2.24, 2.45) is 10.7 Å². The molecule has 1 atom stereocenters. The van der Waals surface area contributed by atoms with Gasteiger partial charge in [-0.2, -0.15) is 10.3 Å². The highest BCUT2D eigenvalue weighted by molar-refractivity contribution is 7.16. The first-order valence-electron chi connectivity index (χ1n) is 14.0. The Morgan fingerprint density at radius 1 is 1.15 bits per heavy atom. The topological polar surface area (TPSA) is 148 Å². The largest absolute Gasteiger partial charge is 0.389 e. The summed E-state index contributed by atoms with van der Waals surface area (Å²) < 4.78 is 0. The lowest BCUT2D eigenvalue weighted by Gasteiger charge is -2.37. The molecular weight excluding hydrogens is 538 g/mol. The fourth-order valence-electron chi connectivity index (χ4n) is 5.93. The lowest BCUT2D eigenvalue weighted by molar-refractivity contribution is -0.126. The van der Waals surface area contributed by atoms with Crippen molar-refractivity contribution in [2.75, 3.05) is 74.9 Å². The summed E-state index contributed by atoms with van der Waals surface area (Å²) in [5.74, 6) is 0.363. The van der Waals surface area contributed by atoms with E-state index in [4.69, 9.17) is 16.5 Å². The normalized spacial score (nSPS) is 21.8. The number of nitrogens with zero attached hydrogens (tertiary/aromatic N) is 7. The maximum Gasteiger partial charge on any atom is 0.258 e. The molecule has 4 N–H and O–H groups in total. The van der Waals surface area contributed by atoms with E-state index in [2.05, 4.69) is 45.5 Å². The molecule has 2 amide bonds. The van der Waals surface area contributed by atoms with Gasteiger partial charge in [-0.3, -0.25) is 9.59 Å². The average Bonchev–Trinajstić information content (AvgIpc) is 3.33. The third-order valence-corrected chi connectivity index (χ3v) is 9.54. The first kappa shape index (κ1) is 28.6. The lowest BCUT2D eigenvalue weighted by Crippen LogP contribution is -2.48. The molecule has 3 aliphatic rings. The van der Waals surface area contributed by atoms with E-state index in [1.807, 2.05) is 13.0 Å². The second kappa shape index (κ2) is 11.5. The van der Waals surface area contributed by atoms with Crippen molar-refractivity contribution in [1.82, 2.24) is 14.8 Å². The first-order chi connectivity index (χ1) is 19.6. The highest BCUT2D eigenvalue weighted by Crippen LogP contribution is 2.46. The Balaban J connectivity index is 1.48. The number of anilines is 3. The summed E-state index contributed by atoms with van der Waals surface area (Å²) in [6, 6.07) is 6.12. The number of hydrogen-bond acceptors (Lipinski definition) is 9. The van der Waals surface area contributed by atoms with Gasteiger partial charge in [0.2, 0.25) is 5.91 Å². The van der Waals surface area contributed by atoms with Crippen molar-refractivity contribution < 1.29 is 9.59 Å². The number of rotatable bonds is 5. The summed E-state index contributed by atoms with van der Waals surface area (Å²) in [6.07, 6.45) is 3.50. The third-order valence-electron chi connectivity index (χ3n) is 8.46. The number of thiophene rings is 1. The molecule has 0 bridgehead atoms. The van der Waals surface area contributed by atoms with Gasteiger partial charge in [-0.05, 0) is 45.4 Å². The van der Waals surface area contributed by atoms with Gasteiger partial charge >= 0.3 is 0 Å². The zero-order valence-corrected chi connectivity index (χ0v) is 24.5. The van der Waals surface area contributed by atoms with Gasteiger partial charge in [0.05, 0.1) is 11.0 Å². The van der Waals surface area contributed by atoms with Crippen LogP contribution in [0.2, 0.25) is 0 Å². The van der Waals surface area contributed by atoms with E-state index in [0.29, 0.717) is 54.4 Å². The van der Waals surface area contributed by atoms with E-state index in [1.54, 1.807) is 4.90 Å². The lowest BCUT2D eigenvalue weighted by atomic mass is 9.72. The molecular formula is C29H37N9O2S. The molecule has 11 nitrogen and oxygen atoms in total. The summed E-state index contributed by atoms with van der Waals surface area (Å²) in [5, 5.41) is 10.2. The molecule has 41 heavy (non-hydrogen) atoms. The number of carbonyl (C=O) groups excluding carboxylic acids is 2. The number of nitrogen functional groups attached to an aromatic ring is 1. The van der Waals surface area contributed by atoms with E-state index >= 15 is 0 Å².